The molecule has 59 heavy (non-hydrogen) atoms. The molecule has 0 spiro atoms. The topological polar surface area (TPSA) is 149 Å². The van der Waals surface area contributed by atoms with E-state index >= 15 is 0 Å². The Morgan fingerprint density at radius 1 is 0.814 bits per heavy atom. The van der Waals surface area contributed by atoms with Crippen molar-refractivity contribution in [3.63, 3.8) is 0 Å². The average molecular weight is 822 g/mol. The molecule has 0 bridgehead atoms. The molecule has 0 aliphatic rings. The number of ether oxygens (including phenoxy) is 3. The summed E-state index contributed by atoms with van der Waals surface area (Å²) in [6, 6.07) is 20.4. The second-order valence-corrected chi connectivity index (χ2v) is 19.7. The van der Waals surface area contributed by atoms with Crippen molar-refractivity contribution in [1.29, 1.82) is 0 Å². The van der Waals surface area contributed by atoms with E-state index < -0.39 is 32.4 Å². The smallest absolute Gasteiger partial charge is 0.308 e. The summed E-state index contributed by atoms with van der Waals surface area (Å²) >= 11 is 0. The number of oxazole rings is 3. The maximum atomic E-state index is 13.8. The van der Waals surface area contributed by atoms with Crippen molar-refractivity contribution in [2.75, 3.05) is 20.8 Å². The predicted molar refractivity (Wildman–Crippen MR) is 228 cm³/mol. The molecule has 5 rings (SSSR count). The lowest BCUT2D eigenvalue weighted by atomic mass is 9.96. The zero-order valence-corrected chi connectivity index (χ0v) is 36.0. The first-order chi connectivity index (χ1) is 28.3. The lowest BCUT2D eigenvalue weighted by Gasteiger charge is -2.45. The molecule has 3 heterocycles. The van der Waals surface area contributed by atoms with Gasteiger partial charge in [0.2, 0.25) is 17.7 Å². The minimum Gasteiger partial charge on any atom is -0.465 e. The second-order valence-electron chi connectivity index (χ2n) is 15.4. The number of rotatable bonds is 22. The van der Waals surface area contributed by atoms with Gasteiger partial charge in [0.05, 0.1) is 31.2 Å². The van der Waals surface area contributed by atoms with Crippen LogP contribution < -0.4 is 10.4 Å². The fraction of sp³-hybridized carbons (Fsp3) is 0.370. The number of hydrogen-bond acceptors (Lipinski definition) is 12. The van der Waals surface area contributed by atoms with Gasteiger partial charge in [-0.15, -0.1) is 6.58 Å². The summed E-state index contributed by atoms with van der Waals surface area (Å²) in [6.45, 7) is 17.9. The summed E-state index contributed by atoms with van der Waals surface area (Å²) in [6.07, 6.45) is 10.2. The number of benzene rings is 2. The molecule has 2 aromatic carbocycles. The molecule has 0 saturated heterocycles. The first kappa shape index (κ1) is 44.6. The van der Waals surface area contributed by atoms with E-state index in [0.717, 1.165) is 10.4 Å². The van der Waals surface area contributed by atoms with Crippen LogP contribution >= 0.6 is 0 Å². The standard InChI is InChI=1S/C46H55N3O9Si/c1-10-19-40(52-8)31(3)27-55-42(51)26-33(58-59(46(5,6)7,34-21-14-12-15-22-34)35-23-16-13-17-24-35)20-18-25-39(50)32(4)43(53-9)36-28-56-45(48-36)38-30-57-44(49-38)37-29-54-41(11-2)47-37/h10-18,21-25,28-33,40,43H,1-2,19-20,26-27H2,3-9H3/b25-18+/t31-,32-,33-,40-,43-/m0/s1. The number of aromatic nitrogens is 3. The van der Waals surface area contributed by atoms with E-state index in [2.05, 4.69) is 73.1 Å². The molecule has 0 aliphatic heterocycles. The van der Waals surface area contributed by atoms with Crippen LogP contribution in [0.1, 0.15) is 71.6 Å². The van der Waals surface area contributed by atoms with Crippen molar-refractivity contribution in [2.24, 2.45) is 11.8 Å². The van der Waals surface area contributed by atoms with E-state index in [1.54, 1.807) is 26.2 Å². The van der Waals surface area contributed by atoms with Crippen molar-refractivity contribution in [1.82, 2.24) is 15.0 Å². The van der Waals surface area contributed by atoms with Crippen LogP contribution in [0.5, 0.6) is 0 Å². The molecule has 312 valence electrons. The minimum absolute atomic E-state index is 0.0251. The fourth-order valence-corrected chi connectivity index (χ4v) is 11.8. The highest BCUT2D eigenvalue weighted by Crippen LogP contribution is 2.38. The molecule has 0 amide bonds. The van der Waals surface area contributed by atoms with Gasteiger partial charge < -0.3 is 31.9 Å². The zero-order chi connectivity index (χ0) is 42.6. The molecule has 0 saturated carbocycles. The van der Waals surface area contributed by atoms with Crippen LogP contribution in [0, 0.1) is 11.8 Å². The van der Waals surface area contributed by atoms with Gasteiger partial charge >= 0.3 is 5.97 Å². The van der Waals surface area contributed by atoms with Gasteiger partial charge in [0.15, 0.2) is 17.2 Å². The number of hydrogen-bond donors (Lipinski definition) is 0. The number of ketones is 1. The molecule has 0 radical (unpaired) electrons. The SMILES string of the molecule is C=CC[C@H](OC)[C@@H](C)COC(=O)C[C@H](C/C=C/C(=O)[C@H](C)[C@H](OC)c1coc(-c2coc(-c3coc(C=C)n3)n2)n1)O[Si](c1ccccc1)(c1ccccc1)C(C)(C)C. The molecule has 5 atom stereocenters. The highest BCUT2D eigenvalue weighted by Gasteiger charge is 2.51. The molecule has 3 aromatic heterocycles. The largest absolute Gasteiger partial charge is 0.465 e. The van der Waals surface area contributed by atoms with E-state index in [4.69, 9.17) is 31.9 Å². The Hall–Kier alpha value is -5.47. The number of esters is 1. The Kier molecular flexibility index (Phi) is 15.5. The van der Waals surface area contributed by atoms with Crippen molar-refractivity contribution in [3.05, 3.63) is 122 Å². The Morgan fingerprint density at radius 3 is 2.00 bits per heavy atom. The van der Waals surface area contributed by atoms with Gasteiger partial charge in [-0.3, -0.25) is 9.59 Å². The molecule has 5 aromatic rings. The molecule has 0 aliphatic carbocycles. The van der Waals surface area contributed by atoms with Crippen LogP contribution in [0.25, 0.3) is 29.2 Å². The number of nitrogens with zero attached hydrogens (tertiary/aromatic N) is 3. The third-order valence-corrected chi connectivity index (χ3v) is 15.4. The van der Waals surface area contributed by atoms with Crippen LogP contribution in [0.3, 0.4) is 0 Å². The van der Waals surface area contributed by atoms with Crippen molar-refractivity contribution in [2.45, 2.75) is 77.2 Å². The van der Waals surface area contributed by atoms with Crippen molar-refractivity contribution in [3.8, 4) is 23.2 Å². The summed E-state index contributed by atoms with van der Waals surface area (Å²) in [4.78, 5) is 40.6. The Labute approximate surface area is 347 Å². The zero-order valence-electron chi connectivity index (χ0n) is 35.0. The maximum absolute atomic E-state index is 13.8. The summed E-state index contributed by atoms with van der Waals surface area (Å²) in [5.74, 6) is -0.571. The Balaban J connectivity index is 1.37. The van der Waals surface area contributed by atoms with Crippen molar-refractivity contribution < 1.29 is 41.5 Å². The van der Waals surface area contributed by atoms with Gasteiger partial charge in [0.1, 0.15) is 30.6 Å². The van der Waals surface area contributed by atoms with Gasteiger partial charge in [-0.25, -0.2) is 15.0 Å². The number of allylic oxidation sites excluding steroid dienone is 1. The van der Waals surface area contributed by atoms with Gasteiger partial charge in [-0.05, 0) is 40.4 Å². The third kappa shape index (κ3) is 10.8. The summed E-state index contributed by atoms with van der Waals surface area (Å²) < 4.78 is 41.2. The van der Waals surface area contributed by atoms with Gasteiger partial charge in [0, 0.05) is 20.1 Å². The lowest BCUT2D eigenvalue weighted by Crippen LogP contribution is -2.67. The summed E-state index contributed by atoms with van der Waals surface area (Å²) in [5.41, 5.74) is 1.13. The van der Waals surface area contributed by atoms with Crippen LogP contribution in [-0.2, 0) is 28.2 Å². The molecular formula is C46H55N3O9Si. The fourth-order valence-electron chi connectivity index (χ4n) is 7.14. The second kappa shape index (κ2) is 20.5. The highest BCUT2D eigenvalue weighted by molar-refractivity contribution is 6.99. The number of carbonyl (C=O) groups excluding carboxylic acids is 2. The molecule has 12 nitrogen and oxygen atoms in total. The van der Waals surface area contributed by atoms with Crippen LogP contribution in [0.4, 0.5) is 0 Å². The van der Waals surface area contributed by atoms with Gasteiger partial charge in [0.25, 0.3) is 8.32 Å². The highest BCUT2D eigenvalue weighted by atomic mass is 28.4. The molecule has 13 heteroatoms. The van der Waals surface area contributed by atoms with E-state index in [9.17, 15) is 9.59 Å². The normalized spacial score (nSPS) is 14.7. The third-order valence-electron chi connectivity index (χ3n) is 10.3. The monoisotopic (exact) mass is 821 g/mol. The first-order valence-electron chi connectivity index (χ1n) is 19.7. The van der Waals surface area contributed by atoms with Crippen LogP contribution in [0.15, 0.2) is 124 Å². The number of methoxy groups -OCH3 is 2. The van der Waals surface area contributed by atoms with E-state index in [1.807, 2.05) is 43.3 Å². The quantitative estimate of drug-likeness (QED) is 0.0285. The van der Waals surface area contributed by atoms with E-state index in [-0.39, 0.29) is 54.1 Å². The average Bonchev–Trinajstić information content (AvgIpc) is 4.03. The van der Waals surface area contributed by atoms with Crippen LogP contribution in [0.2, 0.25) is 5.04 Å². The summed E-state index contributed by atoms with van der Waals surface area (Å²) in [5, 5.41) is 1.80. The van der Waals surface area contributed by atoms with E-state index in [1.165, 1.54) is 38.1 Å². The minimum atomic E-state index is -3.09. The van der Waals surface area contributed by atoms with Crippen molar-refractivity contribution >= 4 is 36.5 Å². The molecule has 0 unspecified atom stereocenters. The number of carbonyl (C=O) groups is 2. The molecule has 0 fully saturated rings. The lowest BCUT2D eigenvalue weighted by molar-refractivity contribution is -0.148. The Morgan fingerprint density at radius 2 is 1.42 bits per heavy atom. The predicted octanol–water partition coefficient (Wildman–Crippen LogP) is 8.57. The van der Waals surface area contributed by atoms with Gasteiger partial charge in [-0.2, -0.15) is 0 Å². The maximum Gasteiger partial charge on any atom is 0.308 e. The summed E-state index contributed by atoms with van der Waals surface area (Å²) in [7, 11) is 0.0593. The van der Waals surface area contributed by atoms with Gasteiger partial charge in [-0.1, -0.05) is 114 Å². The molecular weight excluding hydrogens is 767 g/mol. The first-order valence-corrected chi connectivity index (χ1v) is 21.6. The molecule has 0 N–H and O–H groups in total. The Bertz CT molecular complexity index is 2110. The van der Waals surface area contributed by atoms with E-state index in [0.29, 0.717) is 29.4 Å². The van der Waals surface area contributed by atoms with Crippen LogP contribution in [-0.4, -0.2) is 68.1 Å².